The summed E-state index contributed by atoms with van der Waals surface area (Å²) in [6, 6.07) is 7.97. The van der Waals surface area contributed by atoms with Gasteiger partial charge >= 0.3 is 6.09 Å². The highest BCUT2D eigenvalue weighted by molar-refractivity contribution is 5.68. The number of nitrogens with zero attached hydrogens (tertiary/aromatic N) is 3. The first-order valence-electron chi connectivity index (χ1n) is 6.46. The fraction of sp³-hybridized carbons (Fsp3) is 0.429. The van der Waals surface area contributed by atoms with Gasteiger partial charge in [0, 0.05) is 11.6 Å². The molecule has 7 heteroatoms. The number of hydrogen-bond donors (Lipinski definition) is 0. The van der Waals surface area contributed by atoms with E-state index in [0.717, 1.165) is 4.90 Å². The summed E-state index contributed by atoms with van der Waals surface area (Å²) in [6.45, 7) is 3.79. The van der Waals surface area contributed by atoms with Crippen molar-refractivity contribution >= 4 is 11.8 Å². The Morgan fingerprint density at radius 3 is 2.71 bits per heavy atom. The van der Waals surface area contributed by atoms with Crippen LogP contribution in [0.5, 0.6) is 0 Å². The molecule has 0 aromatic heterocycles. The number of rotatable bonds is 6. The van der Waals surface area contributed by atoms with Crippen LogP contribution in [0, 0.1) is 27.4 Å². The van der Waals surface area contributed by atoms with Crippen molar-refractivity contribution in [2.45, 2.75) is 20.4 Å². The van der Waals surface area contributed by atoms with Gasteiger partial charge in [-0.2, -0.15) is 5.26 Å². The summed E-state index contributed by atoms with van der Waals surface area (Å²) in [4.78, 5) is 23.5. The first kappa shape index (κ1) is 16.4. The molecule has 0 radical (unpaired) electrons. The highest BCUT2D eigenvalue weighted by atomic mass is 16.6. The highest BCUT2D eigenvalue weighted by Gasteiger charge is 2.20. The fourth-order valence-electron chi connectivity index (χ4n) is 1.63. The van der Waals surface area contributed by atoms with E-state index in [2.05, 4.69) is 0 Å². The molecule has 0 N–H and O–H groups in total. The van der Waals surface area contributed by atoms with E-state index in [9.17, 15) is 14.9 Å². The predicted molar refractivity (Wildman–Crippen MR) is 75.3 cm³/mol. The Bertz CT molecular complexity index is 551. The summed E-state index contributed by atoms with van der Waals surface area (Å²) in [5, 5.41) is 19.7. The third-order valence-electron chi connectivity index (χ3n) is 2.61. The summed E-state index contributed by atoms with van der Waals surface area (Å²) >= 11 is 0. The molecule has 0 saturated carbocycles. The van der Waals surface area contributed by atoms with Crippen molar-refractivity contribution in [3.05, 3.63) is 39.9 Å². The number of nitro groups is 1. The molecule has 0 aliphatic rings. The maximum atomic E-state index is 11.9. The third-order valence-corrected chi connectivity index (χ3v) is 2.61. The number of nitro benzene ring substituents is 1. The first-order valence-corrected chi connectivity index (χ1v) is 6.46. The molecule has 1 aromatic carbocycles. The van der Waals surface area contributed by atoms with Crippen LogP contribution in [0.3, 0.4) is 0 Å². The van der Waals surface area contributed by atoms with Gasteiger partial charge in [-0.15, -0.1) is 0 Å². The lowest BCUT2D eigenvalue weighted by molar-refractivity contribution is -0.385. The van der Waals surface area contributed by atoms with E-state index in [1.165, 1.54) is 6.07 Å². The standard InChI is InChI=1S/C14H17N3O4/c1-11(2)10-21-14(18)16(8-7-15)9-12-5-3-4-6-13(12)17(19)20/h3-6,11H,8-10H2,1-2H3. The van der Waals surface area contributed by atoms with Crippen molar-refractivity contribution in [3.8, 4) is 6.07 Å². The Morgan fingerprint density at radius 2 is 2.14 bits per heavy atom. The smallest absolute Gasteiger partial charge is 0.410 e. The number of ether oxygens (including phenoxy) is 1. The van der Waals surface area contributed by atoms with Crippen LogP contribution in [0.15, 0.2) is 24.3 Å². The summed E-state index contributed by atoms with van der Waals surface area (Å²) < 4.78 is 5.06. The van der Waals surface area contributed by atoms with Gasteiger partial charge in [0.1, 0.15) is 6.54 Å². The van der Waals surface area contributed by atoms with Crippen LogP contribution in [0.1, 0.15) is 19.4 Å². The van der Waals surface area contributed by atoms with Gasteiger partial charge < -0.3 is 4.74 Å². The molecule has 0 atom stereocenters. The van der Waals surface area contributed by atoms with Crippen molar-refractivity contribution in [2.75, 3.05) is 13.2 Å². The lowest BCUT2D eigenvalue weighted by Crippen LogP contribution is -2.32. The normalized spacial score (nSPS) is 10.0. The van der Waals surface area contributed by atoms with E-state index in [-0.39, 0.29) is 31.3 Å². The summed E-state index contributed by atoms with van der Waals surface area (Å²) in [7, 11) is 0. The van der Waals surface area contributed by atoms with Gasteiger partial charge in [-0.1, -0.05) is 32.0 Å². The average molecular weight is 291 g/mol. The Kier molecular flexibility index (Phi) is 6.14. The molecule has 1 aromatic rings. The molecule has 21 heavy (non-hydrogen) atoms. The number of benzene rings is 1. The van der Waals surface area contributed by atoms with Crippen LogP contribution in [-0.4, -0.2) is 29.1 Å². The molecule has 0 aliphatic carbocycles. The molecule has 112 valence electrons. The molecule has 0 heterocycles. The summed E-state index contributed by atoms with van der Waals surface area (Å²) in [5.41, 5.74) is 0.274. The fourth-order valence-corrected chi connectivity index (χ4v) is 1.63. The third kappa shape index (κ3) is 5.10. The summed E-state index contributed by atoms with van der Waals surface area (Å²) in [5.74, 6) is 0.170. The van der Waals surface area contributed by atoms with Crippen LogP contribution in [0.4, 0.5) is 10.5 Å². The van der Waals surface area contributed by atoms with Crippen LogP contribution < -0.4 is 0 Å². The van der Waals surface area contributed by atoms with Gasteiger partial charge in [0.2, 0.25) is 0 Å². The molecule has 1 amide bonds. The quantitative estimate of drug-likeness (QED) is 0.456. The molecule has 0 unspecified atom stereocenters. The number of amides is 1. The maximum Gasteiger partial charge on any atom is 0.410 e. The zero-order valence-electron chi connectivity index (χ0n) is 12.0. The van der Waals surface area contributed by atoms with Gasteiger partial charge in [0.15, 0.2) is 0 Å². The minimum Gasteiger partial charge on any atom is -0.449 e. The van der Waals surface area contributed by atoms with Crippen molar-refractivity contribution in [1.82, 2.24) is 4.90 Å². The molecule has 0 spiro atoms. The number of nitriles is 1. The Hall–Kier alpha value is -2.62. The zero-order valence-corrected chi connectivity index (χ0v) is 12.0. The predicted octanol–water partition coefficient (Wildman–Crippen LogP) is 2.71. The van der Waals surface area contributed by atoms with Crippen molar-refractivity contribution in [2.24, 2.45) is 5.92 Å². The second kappa shape index (κ2) is 7.85. The van der Waals surface area contributed by atoms with Crippen molar-refractivity contribution in [3.63, 3.8) is 0 Å². The Morgan fingerprint density at radius 1 is 1.48 bits per heavy atom. The van der Waals surface area contributed by atoms with E-state index >= 15 is 0 Å². The van der Waals surface area contributed by atoms with E-state index in [1.54, 1.807) is 18.2 Å². The zero-order chi connectivity index (χ0) is 15.8. The van der Waals surface area contributed by atoms with Crippen LogP contribution in [0.2, 0.25) is 0 Å². The van der Waals surface area contributed by atoms with Gasteiger partial charge in [-0.25, -0.2) is 4.79 Å². The molecule has 0 saturated heterocycles. The maximum absolute atomic E-state index is 11.9. The van der Waals surface area contributed by atoms with Gasteiger partial charge in [-0.05, 0) is 5.92 Å². The molecule has 0 bridgehead atoms. The Balaban J connectivity index is 2.86. The van der Waals surface area contributed by atoms with Crippen molar-refractivity contribution in [1.29, 1.82) is 5.26 Å². The number of hydrogen-bond acceptors (Lipinski definition) is 5. The Labute approximate surface area is 122 Å². The monoisotopic (exact) mass is 291 g/mol. The van der Waals surface area contributed by atoms with Crippen LogP contribution >= 0.6 is 0 Å². The largest absolute Gasteiger partial charge is 0.449 e. The number of carbonyl (C=O) groups excluding carboxylic acids is 1. The van der Waals surface area contributed by atoms with Crippen LogP contribution in [0.25, 0.3) is 0 Å². The minimum absolute atomic E-state index is 0.0400. The first-order chi connectivity index (χ1) is 9.95. The molecule has 1 rings (SSSR count). The van der Waals surface area contributed by atoms with E-state index < -0.39 is 11.0 Å². The molecule has 0 fully saturated rings. The molecular weight excluding hydrogens is 274 g/mol. The molecule has 0 aliphatic heterocycles. The molecular formula is C14H17N3O4. The topological polar surface area (TPSA) is 96.5 Å². The molecule has 7 nitrogen and oxygen atoms in total. The summed E-state index contributed by atoms with van der Waals surface area (Å²) in [6.07, 6.45) is -0.650. The van der Waals surface area contributed by atoms with Gasteiger partial charge in [0.05, 0.1) is 24.1 Å². The van der Waals surface area contributed by atoms with E-state index in [4.69, 9.17) is 10.00 Å². The van der Waals surface area contributed by atoms with E-state index in [1.807, 2.05) is 19.9 Å². The number of para-hydroxylation sites is 1. The van der Waals surface area contributed by atoms with Gasteiger partial charge in [0.25, 0.3) is 5.69 Å². The highest BCUT2D eigenvalue weighted by Crippen LogP contribution is 2.19. The number of carbonyl (C=O) groups is 1. The second-order valence-corrected chi connectivity index (χ2v) is 4.87. The lowest BCUT2D eigenvalue weighted by Gasteiger charge is -2.19. The van der Waals surface area contributed by atoms with Crippen molar-refractivity contribution < 1.29 is 14.5 Å². The SMILES string of the molecule is CC(C)COC(=O)N(CC#N)Cc1ccccc1[N+](=O)[O-]. The van der Waals surface area contributed by atoms with Gasteiger partial charge in [-0.3, -0.25) is 15.0 Å². The lowest BCUT2D eigenvalue weighted by atomic mass is 10.1. The second-order valence-electron chi connectivity index (χ2n) is 4.87. The van der Waals surface area contributed by atoms with E-state index in [0.29, 0.717) is 5.56 Å². The van der Waals surface area contributed by atoms with Crippen LogP contribution in [-0.2, 0) is 11.3 Å². The average Bonchev–Trinajstić information content (AvgIpc) is 2.44. The minimum atomic E-state index is -0.650.